The van der Waals surface area contributed by atoms with E-state index in [1.807, 2.05) is 26.8 Å². The Morgan fingerprint density at radius 2 is 1.82 bits per heavy atom. The van der Waals surface area contributed by atoms with Gasteiger partial charge in [0.1, 0.15) is 17.5 Å². The number of likely N-dealkylation sites (tertiary alicyclic amines) is 1. The van der Waals surface area contributed by atoms with Crippen molar-refractivity contribution >= 4 is 29.3 Å². The maximum atomic E-state index is 13.1. The summed E-state index contributed by atoms with van der Waals surface area (Å²) in [5.74, 6) is 0.857. The molecule has 2 fully saturated rings. The van der Waals surface area contributed by atoms with Crippen molar-refractivity contribution in [1.82, 2.24) is 30.4 Å². The molecule has 202 valence electrons. The summed E-state index contributed by atoms with van der Waals surface area (Å²) in [5.41, 5.74) is 0.489. The summed E-state index contributed by atoms with van der Waals surface area (Å²) in [5, 5.41) is 26.8. The molecule has 1 aliphatic carbocycles. The minimum Gasteiger partial charge on any atom is -0.444 e. The minimum absolute atomic E-state index is 0.154. The van der Waals surface area contributed by atoms with Gasteiger partial charge in [0.2, 0.25) is 0 Å². The number of nitrogens with zero attached hydrogens (tertiary/aromatic N) is 6. The summed E-state index contributed by atoms with van der Waals surface area (Å²) in [4.78, 5) is 35.3. The molecule has 0 atom stereocenters. The van der Waals surface area contributed by atoms with Crippen molar-refractivity contribution in [2.45, 2.75) is 70.9 Å². The Hall–Kier alpha value is -4.01. The van der Waals surface area contributed by atoms with E-state index in [9.17, 15) is 9.59 Å². The summed E-state index contributed by atoms with van der Waals surface area (Å²) in [6.07, 6.45) is 8.31. The molecule has 0 radical (unpaired) electrons. The zero-order chi connectivity index (χ0) is 27.1. The number of hydrogen-bond acceptors (Lipinski definition) is 10. The smallest absolute Gasteiger partial charge is 0.410 e. The molecule has 4 rings (SSSR count). The average Bonchev–Trinajstić information content (AvgIpc) is 3.40. The molecular formula is C26H35N9O3. The van der Waals surface area contributed by atoms with Gasteiger partial charge in [-0.25, -0.2) is 14.8 Å². The Kier molecular flexibility index (Phi) is 8.55. The van der Waals surface area contributed by atoms with Crippen LogP contribution in [0, 0.1) is 17.2 Å². The van der Waals surface area contributed by atoms with Crippen LogP contribution >= 0.6 is 0 Å². The Bertz CT molecular complexity index is 1160. The van der Waals surface area contributed by atoms with Crippen LogP contribution < -0.4 is 16.0 Å². The van der Waals surface area contributed by atoms with E-state index in [1.165, 1.54) is 12.4 Å². The molecule has 2 aliphatic rings. The second kappa shape index (κ2) is 12.0. The number of nitrogens with one attached hydrogen (secondary N) is 3. The van der Waals surface area contributed by atoms with Gasteiger partial charge in [-0.05, 0) is 52.4 Å². The number of carbonyl (C=O) groups is 2. The lowest BCUT2D eigenvalue weighted by atomic mass is 9.97. The molecule has 0 spiro atoms. The Labute approximate surface area is 222 Å². The summed E-state index contributed by atoms with van der Waals surface area (Å²) in [6.45, 7) is 7.45. The summed E-state index contributed by atoms with van der Waals surface area (Å²) < 4.78 is 5.49. The number of ether oxygens (including phenoxy) is 1. The number of anilines is 3. The van der Waals surface area contributed by atoms with Gasteiger partial charge in [0.25, 0.3) is 5.91 Å². The fraction of sp³-hybridized carbons (Fsp3) is 0.577. The highest BCUT2D eigenvalue weighted by Gasteiger charge is 2.27. The standard InChI is InChI=1S/C26H35N9O3/c1-26(2,3)38-25(37)35-10-8-17(9-11-35)14-29-20-12-21(32-22-16-28-19(13-27)15-30-22)33-34-23(20)24(36)31-18-6-4-5-7-18/h12,15-18H,4-11,14H2,1-3H3,(H,31,36)(H2,29,30,32,33). The van der Waals surface area contributed by atoms with E-state index in [-0.39, 0.29) is 29.4 Å². The van der Waals surface area contributed by atoms with Gasteiger partial charge in [-0.2, -0.15) is 5.26 Å². The zero-order valence-electron chi connectivity index (χ0n) is 22.2. The lowest BCUT2D eigenvalue weighted by molar-refractivity contribution is 0.0188. The highest BCUT2D eigenvalue weighted by atomic mass is 16.6. The molecule has 2 amide bonds. The van der Waals surface area contributed by atoms with Crippen LogP contribution in [0.5, 0.6) is 0 Å². The van der Waals surface area contributed by atoms with Crippen molar-refractivity contribution in [3.63, 3.8) is 0 Å². The Morgan fingerprint density at radius 3 is 2.45 bits per heavy atom. The van der Waals surface area contributed by atoms with E-state index >= 15 is 0 Å². The number of amides is 2. The molecule has 1 saturated carbocycles. The second-order valence-electron chi connectivity index (χ2n) is 10.8. The molecule has 1 aliphatic heterocycles. The number of piperidine rings is 1. The molecule has 2 aromatic heterocycles. The molecule has 38 heavy (non-hydrogen) atoms. The molecular weight excluding hydrogens is 486 g/mol. The van der Waals surface area contributed by atoms with Crippen LogP contribution in [0.3, 0.4) is 0 Å². The van der Waals surface area contributed by atoms with Crippen molar-refractivity contribution in [2.24, 2.45) is 5.92 Å². The van der Waals surface area contributed by atoms with Crippen molar-refractivity contribution in [1.29, 1.82) is 5.26 Å². The Balaban J connectivity index is 1.42. The highest BCUT2D eigenvalue weighted by molar-refractivity contribution is 5.98. The number of hydrogen-bond donors (Lipinski definition) is 3. The average molecular weight is 522 g/mol. The fourth-order valence-corrected chi connectivity index (χ4v) is 4.56. The van der Waals surface area contributed by atoms with Crippen LogP contribution in [0.1, 0.15) is 75.5 Å². The summed E-state index contributed by atoms with van der Waals surface area (Å²) in [6, 6.07) is 3.81. The summed E-state index contributed by atoms with van der Waals surface area (Å²) in [7, 11) is 0. The van der Waals surface area contributed by atoms with Gasteiger partial charge in [0.05, 0.1) is 18.1 Å². The number of nitriles is 1. The lowest BCUT2D eigenvalue weighted by Gasteiger charge is -2.33. The molecule has 1 saturated heterocycles. The third kappa shape index (κ3) is 7.50. The van der Waals surface area contributed by atoms with E-state index in [4.69, 9.17) is 10.00 Å². The van der Waals surface area contributed by atoms with Crippen LogP contribution in [0.15, 0.2) is 18.5 Å². The van der Waals surface area contributed by atoms with Gasteiger partial charge in [0.15, 0.2) is 17.2 Å². The maximum Gasteiger partial charge on any atom is 0.410 e. The van der Waals surface area contributed by atoms with E-state index in [0.29, 0.717) is 42.9 Å². The van der Waals surface area contributed by atoms with Crippen LogP contribution in [0.25, 0.3) is 0 Å². The van der Waals surface area contributed by atoms with Gasteiger partial charge in [-0.1, -0.05) is 12.8 Å². The second-order valence-corrected chi connectivity index (χ2v) is 10.8. The van der Waals surface area contributed by atoms with Gasteiger partial charge in [0, 0.05) is 31.7 Å². The molecule has 0 bridgehead atoms. The van der Waals surface area contributed by atoms with E-state index < -0.39 is 5.60 Å². The van der Waals surface area contributed by atoms with Gasteiger partial charge in [-0.3, -0.25) is 4.79 Å². The predicted molar refractivity (Wildman–Crippen MR) is 141 cm³/mol. The van der Waals surface area contributed by atoms with Crippen molar-refractivity contribution in [3.8, 4) is 6.07 Å². The van der Waals surface area contributed by atoms with Gasteiger partial charge >= 0.3 is 6.09 Å². The number of rotatable bonds is 7. The van der Waals surface area contributed by atoms with Crippen molar-refractivity contribution in [3.05, 3.63) is 29.8 Å². The maximum absolute atomic E-state index is 13.1. The fourth-order valence-electron chi connectivity index (χ4n) is 4.56. The molecule has 0 aromatic carbocycles. The van der Waals surface area contributed by atoms with Crippen LogP contribution in [-0.4, -0.2) is 68.3 Å². The minimum atomic E-state index is -0.519. The third-order valence-electron chi connectivity index (χ3n) is 6.57. The van der Waals surface area contributed by atoms with Gasteiger partial charge in [-0.15, -0.1) is 10.2 Å². The molecule has 12 nitrogen and oxygen atoms in total. The first-order chi connectivity index (χ1) is 18.2. The number of aromatic nitrogens is 4. The van der Waals surface area contributed by atoms with E-state index in [1.54, 1.807) is 11.0 Å². The topological polar surface area (TPSA) is 158 Å². The molecule has 2 aromatic rings. The first-order valence-corrected chi connectivity index (χ1v) is 13.1. The Morgan fingerprint density at radius 1 is 1.08 bits per heavy atom. The number of carbonyl (C=O) groups excluding carboxylic acids is 2. The highest BCUT2D eigenvalue weighted by Crippen LogP contribution is 2.24. The molecule has 0 unspecified atom stereocenters. The quantitative estimate of drug-likeness (QED) is 0.491. The van der Waals surface area contributed by atoms with Crippen LogP contribution in [0.2, 0.25) is 0 Å². The van der Waals surface area contributed by atoms with E-state index in [2.05, 4.69) is 36.1 Å². The SMILES string of the molecule is CC(C)(C)OC(=O)N1CCC(CNc2cc(Nc3cnc(C#N)cn3)nnc2C(=O)NC2CCCC2)CC1. The molecule has 12 heteroatoms. The van der Waals surface area contributed by atoms with Crippen LogP contribution in [0.4, 0.5) is 22.1 Å². The lowest BCUT2D eigenvalue weighted by Crippen LogP contribution is -2.42. The third-order valence-corrected chi connectivity index (χ3v) is 6.57. The normalized spacial score (nSPS) is 16.5. The van der Waals surface area contributed by atoms with E-state index in [0.717, 1.165) is 38.5 Å². The van der Waals surface area contributed by atoms with Crippen molar-refractivity contribution in [2.75, 3.05) is 30.3 Å². The predicted octanol–water partition coefficient (Wildman–Crippen LogP) is 3.61. The monoisotopic (exact) mass is 521 g/mol. The van der Waals surface area contributed by atoms with Crippen molar-refractivity contribution < 1.29 is 14.3 Å². The van der Waals surface area contributed by atoms with Gasteiger partial charge < -0.3 is 25.6 Å². The summed E-state index contributed by atoms with van der Waals surface area (Å²) >= 11 is 0. The molecule has 3 heterocycles. The molecule has 3 N–H and O–H groups in total. The van der Waals surface area contributed by atoms with Crippen LogP contribution in [-0.2, 0) is 4.74 Å². The first-order valence-electron chi connectivity index (χ1n) is 13.1. The first kappa shape index (κ1) is 27.0. The zero-order valence-corrected chi connectivity index (χ0v) is 22.2. The largest absolute Gasteiger partial charge is 0.444 e.